The standard InChI is InChI=1S/C12H24O5.C8H18O5S.C5H10O3/c1-4-6-14-7-8-15-9-10-17-11(3)12(13)16-5-2;1-3-4-11-5-6-12-7-8-13-14(2,9)10;1-3-8-5(7)4(2)6/h11H,4-10H2,1-3H3;3-8H2,1-2H3;4,6H,3H2,1-2H3. The molecule has 2 unspecified atom stereocenters. The lowest BCUT2D eigenvalue weighted by Gasteiger charge is -2.11. The molecule has 0 aliphatic carbocycles. The Bertz CT molecular complexity index is 642. The lowest BCUT2D eigenvalue weighted by atomic mass is 10.4. The SMILES string of the molecule is CCCOCCOCCOC(C)C(=O)OCC.CCCOCCOCCOS(C)(=O)=O.CCOC(=O)C(C)O. The molecule has 0 bridgehead atoms. The summed E-state index contributed by atoms with van der Waals surface area (Å²) in [5, 5.41) is 8.48. The van der Waals surface area contributed by atoms with Crippen LogP contribution in [0.1, 0.15) is 54.4 Å². The van der Waals surface area contributed by atoms with Crippen LogP contribution in [0, 0.1) is 0 Å². The second-order valence-corrected chi connectivity index (χ2v) is 9.31. The van der Waals surface area contributed by atoms with Crippen molar-refractivity contribution in [1.82, 2.24) is 0 Å². The average Bonchev–Trinajstić information content (AvgIpc) is 2.87. The van der Waals surface area contributed by atoms with Crippen molar-refractivity contribution in [2.24, 2.45) is 0 Å². The Kier molecular flexibility index (Phi) is 33.6. The van der Waals surface area contributed by atoms with Crippen molar-refractivity contribution in [2.75, 3.05) is 85.5 Å². The molecule has 0 rings (SSSR count). The van der Waals surface area contributed by atoms with Crippen molar-refractivity contribution in [3.63, 3.8) is 0 Å². The summed E-state index contributed by atoms with van der Waals surface area (Å²) < 4.78 is 60.6. The number of carbonyl (C=O) groups is 2. The second-order valence-electron chi connectivity index (χ2n) is 7.67. The van der Waals surface area contributed by atoms with E-state index < -0.39 is 28.3 Å². The number of aliphatic hydroxyl groups excluding tert-OH is 1. The zero-order chi connectivity index (χ0) is 30.4. The summed E-state index contributed by atoms with van der Waals surface area (Å²) in [4.78, 5) is 21.4. The quantitative estimate of drug-likeness (QED) is 0.110. The normalized spacial score (nSPS) is 12.3. The van der Waals surface area contributed by atoms with Gasteiger partial charge in [-0.15, -0.1) is 0 Å². The van der Waals surface area contributed by atoms with E-state index in [1.807, 2.05) is 6.92 Å². The van der Waals surface area contributed by atoms with Crippen LogP contribution in [0.25, 0.3) is 0 Å². The fourth-order valence-corrected chi connectivity index (χ4v) is 2.42. The molecule has 0 fully saturated rings. The van der Waals surface area contributed by atoms with Gasteiger partial charge in [0.1, 0.15) is 6.10 Å². The van der Waals surface area contributed by atoms with Crippen molar-refractivity contribution in [3.8, 4) is 0 Å². The van der Waals surface area contributed by atoms with Crippen LogP contribution in [-0.2, 0) is 57.0 Å². The van der Waals surface area contributed by atoms with Crippen LogP contribution in [-0.4, -0.2) is 123 Å². The lowest BCUT2D eigenvalue weighted by Crippen LogP contribution is -2.25. The lowest BCUT2D eigenvalue weighted by molar-refractivity contribution is -0.156. The van der Waals surface area contributed by atoms with E-state index in [2.05, 4.69) is 15.8 Å². The van der Waals surface area contributed by atoms with Gasteiger partial charge in [-0.05, 0) is 40.5 Å². The predicted molar refractivity (Wildman–Crippen MR) is 145 cm³/mol. The Morgan fingerprint density at radius 2 is 1.03 bits per heavy atom. The third kappa shape index (κ3) is 38.8. The minimum Gasteiger partial charge on any atom is -0.464 e. The molecule has 0 aromatic carbocycles. The molecule has 0 heterocycles. The molecular weight excluding hydrogens is 540 g/mol. The van der Waals surface area contributed by atoms with E-state index in [0.29, 0.717) is 52.9 Å². The topological polar surface area (TPSA) is 162 Å². The van der Waals surface area contributed by atoms with Gasteiger partial charge in [-0.1, -0.05) is 13.8 Å². The smallest absolute Gasteiger partial charge is 0.334 e. The molecule has 14 heteroatoms. The number of hydrogen-bond donors (Lipinski definition) is 1. The number of hydrogen-bond acceptors (Lipinski definition) is 13. The Balaban J connectivity index is -0.000000530. The van der Waals surface area contributed by atoms with Gasteiger partial charge in [0.15, 0.2) is 6.10 Å². The third-order valence-corrected chi connectivity index (χ3v) is 4.40. The number of carbonyl (C=O) groups excluding carboxylic acids is 2. The van der Waals surface area contributed by atoms with E-state index in [1.165, 1.54) is 6.92 Å². The molecule has 0 saturated heterocycles. The van der Waals surface area contributed by atoms with Crippen LogP contribution in [0.3, 0.4) is 0 Å². The maximum Gasteiger partial charge on any atom is 0.334 e. The van der Waals surface area contributed by atoms with Crippen LogP contribution in [0.2, 0.25) is 0 Å². The van der Waals surface area contributed by atoms with E-state index in [0.717, 1.165) is 32.3 Å². The van der Waals surface area contributed by atoms with E-state index in [1.54, 1.807) is 20.8 Å². The van der Waals surface area contributed by atoms with Crippen LogP contribution in [0.5, 0.6) is 0 Å². The van der Waals surface area contributed by atoms with Crippen molar-refractivity contribution in [3.05, 3.63) is 0 Å². The third-order valence-electron chi connectivity index (χ3n) is 3.81. The van der Waals surface area contributed by atoms with Gasteiger partial charge in [0.2, 0.25) is 0 Å². The first-order chi connectivity index (χ1) is 18.5. The molecule has 13 nitrogen and oxygen atoms in total. The van der Waals surface area contributed by atoms with Crippen LogP contribution in [0.4, 0.5) is 0 Å². The largest absolute Gasteiger partial charge is 0.464 e. The maximum atomic E-state index is 11.2. The summed E-state index contributed by atoms with van der Waals surface area (Å²) in [6.45, 7) is 16.1. The fourth-order valence-electron chi connectivity index (χ4n) is 2.05. The summed E-state index contributed by atoms with van der Waals surface area (Å²) in [6, 6.07) is 0. The van der Waals surface area contributed by atoms with Gasteiger partial charge in [0.05, 0.1) is 72.3 Å². The van der Waals surface area contributed by atoms with Crippen molar-refractivity contribution >= 4 is 22.1 Å². The highest BCUT2D eigenvalue weighted by molar-refractivity contribution is 7.85. The minimum atomic E-state index is -3.34. The summed E-state index contributed by atoms with van der Waals surface area (Å²) in [5.41, 5.74) is 0. The van der Waals surface area contributed by atoms with Crippen molar-refractivity contribution in [2.45, 2.75) is 66.6 Å². The minimum absolute atomic E-state index is 0.0621. The molecule has 0 aromatic rings. The van der Waals surface area contributed by atoms with E-state index in [-0.39, 0.29) is 19.2 Å². The highest BCUT2D eigenvalue weighted by Crippen LogP contribution is 1.95. The van der Waals surface area contributed by atoms with Gasteiger partial charge in [0.25, 0.3) is 10.1 Å². The van der Waals surface area contributed by atoms with Gasteiger partial charge in [-0.2, -0.15) is 8.42 Å². The molecule has 236 valence electrons. The van der Waals surface area contributed by atoms with Gasteiger partial charge in [-0.25, -0.2) is 9.59 Å². The molecule has 0 aliphatic rings. The monoisotopic (exact) mass is 592 g/mol. The highest BCUT2D eigenvalue weighted by atomic mass is 32.2. The molecule has 0 amide bonds. The molecular formula is C25H52O13S. The first kappa shape index (κ1) is 42.1. The summed E-state index contributed by atoms with van der Waals surface area (Å²) in [5.74, 6) is -0.897. The molecule has 2 atom stereocenters. The Labute approximate surface area is 234 Å². The van der Waals surface area contributed by atoms with Gasteiger partial charge in [0, 0.05) is 13.2 Å². The average molecular weight is 593 g/mol. The predicted octanol–water partition coefficient (Wildman–Crippen LogP) is 1.73. The first-order valence-corrected chi connectivity index (χ1v) is 15.1. The maximum absolute atomic E-state index is 11.2. The molecule has 0 aromatic heterocycles. The summed E-state index contributed by atoms with van der Waals surface area (Å²) in [6.07, 6.45) is 1.49. The van der Waals surface area contributed by atoms with Gasteiger partial charge < -0.3 is 38.3 Å². The number of aliphatic hydroxyl groups is 1. The zero-order valence-electron chi connectivity index (χ0n) is 24.8. The Morgan fingerprint density at radius 1 is 0.641 bits per heavy atom. The van der Waals surface area contributed by atoms with Gasteiger partial charge >= 0.3 is 11.9 Å². The van der Waals surface area contributed by atoms with Crippen molar-refractivity contribution in [1.29, 1.82) is 0 Å². The number of ether oxygens (including phenoxy) is 7. The van der Waals surface area contributed by atoms with Crippen LogP contribution in [0.15, 0.2) is 0 Å². The Morgan fingerprint density at radius 3 is 1.38 bits per heavy atom. The second kappa shape index (κ2) is 31.1. The van der Waals surface area contributed by atoms with E-state index in [4.69, 9.17) is 33.5 Å². The highest BCUT2D eigenvalue weighted by Gasteiger charge is 2.13. The first-order valence-electron chi connectivity index (χ1n) is 13.2. The van der Waals surface area contributed by atoms with Crippen molar-refractivity contribution < 1.29 is 60.5 Å². The molecule has 1 N–H and O–H groups in total. The number of rotatable bonds is 22. The molecule has 39 heavy (non-hydrogen) atoms. The van der Waals surface area contributed by atoms with E-state index >= 15 is 0 Å². The van der Waals surface area contributed by atoms with Crippen LogP contribution >= 0.6 is 0 Å². The molecule has 0 spiro atoms. The summed E-state index contributed by atoms with van der Waals surface area (Å²) in [7, 11) is -3.34. The Hall–Kier alpha value is -1.39. The molecule has 0 radical (unpaired) electrons. The molecule has 0 saturated carbocycles. The fraction of sp³-hybridized carbons (Fsp3) is 0.920. The molecule has 0 aliphatic heterocycles. The number of esters is 2. The zero-order valence-corrected chi connectivity index (χ0v) is 25.6. The summed E-state index contributed by atoms with van der Waals surface area (Å²) >= 11 is 0. The van der Waals surface area contributed by atoms with E-state index in [9.17, 15) is 18.0 Å². The van der Waals surface area contributed by atoms with Gasteiger partial charge in [-0.3, -0.25) is 4.18 Å². The van der Waals surface area contributed by atoms with Crippen LogP contribution < -0.4 is 0 Å².